The molecule has 32 heavy (non-hydrogen) atoms. The van der Waals surface area contributed by atoms with E-state index in [1.165, 1.54) is 0 Å². The van der Waals surface area contributed by atoms with E-state index in [9.17, 15) is 9.59 Å². The van der Waals surface area contributed by atoms with E-state index in [1.54, 1.807) is 67.7 Å². The molecule has 1 aliphatic rings. The van der Waals surface area contributed by atoms with Gasteiger partial charge in [-0.15, -0.1) is 0 Å². The van der Waals surface area contributed by atoms with Crippen molar-refractivity contribution in [2.75, 3.05) is 25.5 Å². The van der Waals surface area contributed by atoms with Crippen LogP contribution in [0.1, 0.15) is 51.1 Å². The second kappa shape index (κ2) is 9.55. The molecule has 8 heteroatoms. The number of hydrogen-bond donors (Lipinski definition) is 1. The Kier molecular flexibility index (Phi) is 6.39. The minimum atomic E-state index is -0.269. The number of benzene rings is 1. The van der Waals surface area contributed by atoms with Crippen LogP contribution in [0.5, 0.6) is 5.75 Å². The molecule has 1 saturated heterocycles. The van der Waals surface area contributed by atoms with E-state index < -0.39 is 0 Å². The molecule has 3 heterocycles. The average Bonchev–Trinajstić information content (AvgIpc) is 2.84. The van der Waals surface area contributed by atoms with Crippen molar-refractivity contribution in [3.8, 4) is 5.75 Å². The van der Waals surface area contributed by atoms with Gasteiger partial charge in [0.15, 0.2) is 0 Å². The highest BCUT2D eigenvalue weighted by molar-refractivity contribution is 6.04. The Hall–Kier alpha value is -3.81. The van der Waals surface area contributed by atoms with Crippen LogP contribution >= 0.6 is 0 Å². The number of nitrogens with zero attached hydrogens (tertiary/aromatic N) is 4. The van der Waals surface area contributed by atoms with Gasteiger partial charge in [-0.2, -0.15) is 0 Å². The molecule has 0 aliphatic carbocycles. The lowest BCUT2D eigenvalue weighted by Gasteiger charge is -2.32. The first-order valence-corrected chi connectivity index (χ1v) is 10.5. The molecule has 3 aromatic rings. The van der Waals surface area contributed by atoms with Crippen molar-refractivity contribution in [3.05, 3.63) is 77.6 Å². The quantitative estimate of drug-likeness (QED) is 0.664. The van der Waals surface area contributed by atoms with Crippen LogP contribution < -0.4 is 10.1 Å². The third-order valence-corrected chi connectivity index (χ3v) is 5.55. The van der Waals surface area contributed by atoms with Crippen molar-refractivity contribution in [1.82, 2.24) is 19.9 Å². The van der Waals surface area contributed by atoms with Crippen LogP contribution in [0.15, 0.2) is 54.9 Å². The van der Waals surface area contributed by atoms with E-state index in [0.717, 1.165) is 18.6 Å². The molecule has 8 nitrogen and oxygen atoms in total. The zero-order chi connectivity index (χ0) is 22.5. The number of rotatable bonds is 5. The highest BCUT2D eigenvalue weighted by Gasteiger charge is 2.28. The topological polar surface area (TPSA) is 97.3 Å². The minimum absolute atomic E-state index is 0.0220. The second-order valence-electron chi connectivity index (χ2n) is 7.72. The van der Waals surface area contributed by atoms with Crippen LogP contribution in [0.3, 0.4) is 0 Å². The van der Waals surface area contributed by atoms with Crippen LogP contribution in [0.25, 0.3) is 0 Å². The van der Waals surface area contributed by atoms with Gasteiger partial charge in [0, 0.05) is 37.1 Å². The molecule has 0 unspecified atom stereocenters. The van der Waals surface area contributed by atoms with Gasteiger partial charge in [0.1, 0.15) is 17.3 Å². The summed E-state index contributed by atoms with van der Waals surface area (Å²) < 4.78 is 5.14. The van der Waals surface area contributed by atoms with Crippen LogP contribution in [-0.2, 0) is 0 Å². The summed E-state index contributed by atoms with van der Waals surface area (Å²) >= 11 is 0. The minimum Gasteiger partial charge on any atom is -0.497 e. The van der Waals surface area contributed by atoms with Crippen molar-refractivity contribution >= 4 is 17.5 Å². The number of aryl methyl sites for hydroxylation is 1. The van der Waals surface area contributed by atoms with Crippen molar-refractivity contribution in [2.24, 2.45) is 0 Å². The first kappa shape index (κ1) is 21.4. The largest absolute Gasteiger partial charge is 0.497 e. The Bertz CT molecular complexity index is 1100. The number of amides is 2. The van der Waals surface area contributed by atoms with Gasteiger partial charge in [-0.05, 0) is 56.2 Å². The summed E-state index contributed by atoms with van der Waals surface area (Å²) in [5, 5.41) is 2.86. The van der Waals surface area contributed by atoms with E-state index >= 15 is 0 Å². The smallest absolute Gasteiger partial charge is 0.272 e. The first-order chi connectivity index (χ1) is 15.5. The fraction of sp³-hybridized carbons (Fsp3) is 0.292. The molecule has 1 N–H and O–H groups in total. The molecule has 1 atom stereocenters. The number of methoxy groups -OCH3 is 1. The molecule has 1 fully saturated rings. The monoisotopic (exact) mass is 431 g/mol. The Labute approximate surface area is 186 Å². The molecule has 0 saturated carbocycles. The van der Waals surface area contributed by atoms with Gasteiger partial charge < -0.3 is 15.0 Å². The number of nitrogens with one attached hydrogen (secondary N) is 1. The van der Waals surface area contributed by atoms with Crippen LogP contribution in [-0.4, -0.2) is 51.9 Å². The molecule has 4 rings (SSSR count). The van der Waals surface area contributed by atoms with Crippen LogP contribution in [0, 0.1) is 6.92 Å². The number of piperidine rings is 1. The molecular weight excluding hydrogens is 406 g/mol. The van der Waals surface area contributed by atoms with E-state index in [4.69, 9.17) is 4.74 Å². The number of carbonyl (C=O) groups is 2. The Morgan fingerprint density at radius 1 is 1.12 bits per heavy atom. The average molecular weight is 431 g/mol. The first-order valence-electron chi connectivity index (χ1n) is 10.5. The van der Waals surface area contributed by atoms with Crippen LogP contribution in [0.4, 0.5) is 5.69 Å². The number of ether oxygens (including phenoxy) is 1. The third-order valence-electron chi connectivity index (χ3n) is 5.55. The molecule has 0 spiro atoms. The maximum Gasteiger partial charge on any atom is 0.272 e. The van der Waals surface area contributed by atoms with Gasteiger partial charge in [0.05, 0.1) is 18.4 Å². The zero-order valence-corrected chi connectivity index (χ0v) is 18.1. The van der Waals surface area contributed by atoms with E-state index in [2.05, 4.69) is 20.3 Å². The van der Waals surface area contributed by atoms with Gasteiger partial charge in [0.2, 0.25) is 0 Å². The van der Waals surface area contributed by atoms with Crippen molar-refractivity contribution < 1.29 is 14.3 Å². The number of carbonyl (C=O) groups excluding carboxylic acids is 2. The Balaban J connectivity index is 1.45. The van der Waals surface area contributed by atoms with Gasteiger partial charge in [-0.3, -0.25) is 14.6 Å². The predicted molar refractivity (Wildman–Crippen MR) is 120 cm³/mol. The molecule has 2 amide bonds. The Morgan fingerprint density at radius 3 is 2.62 bits per heavy atom. The SMILES string of the molecule is COc1ccc(NC(=O)c2cnc([C@H]3CCCN(C(=O)c4ccccn4)C3)nc2C)cc1. The van der Waals surface area contributed by atoms with E-state index in [1.807, 2.05) is 6.07 Å². The molecule has 1 aliphatic heterocycles. The van der Waals surface area contributed by atoms with Crippen molar-refractivity contribution in [1.29, 1.82) is 0 Å². The molecule has 0 bridgehead atoms. The maximum absolute atomic E-state index is 12.8. The van der Waals surface area contributed by atoms with Gasteiger partial charge in [-0.1, -0.05) is 6.07 Å². The van der Waals surface area contributed by atoms with Gasteiger partial charge in [-0.25, -0.2) is 9.97 Å². The summed E-state index contributed by atoms with van der Waals surface area (Å²) in [5.74, 6) is 1.04. The summed E-state index contributed by atoms with van der Waals surface area (Å²) in [6.07, 6.45) is 4.95. The second-order valence-corrected chi connectivity index (χ2v) is 7.72. The summed E-state index contributed by atoms with van der Waals surface area (Å²) in [4.78, 5) is 40.5. The number of anilines is 1. The van der Waals surface area contributed by atoms with E-state index in [0.29, 0.717) is 41.6 Å². The molecular formula is C24H25N5O3. The number of pyridine rings is 1. The summed E-state index contributed by atoms with van der Waals surface area (Å²) in [6, 6.07) is 12.4. The Morgan fingerprint density at radius 2 is 1.94 bits per heavy atom. The highest BCUT2D eigenvalue weighted by atomic mass is 16.5. The number of likely N-dealkylation sites (tertiary alicyclic amines) is 1. The standard InChI is InChI=1S/C24H25N5O3/c1-16-20(23(30)28-18-8-10-19(32-2)11-9-18)14-26-22(27-16)17-6-5-13-29(15-17)24(31)21-7-3-4-12-25-21/h3-4,7-12,14,17H,5-6,13,15H2,1-2H3,(H,28,30)/t17-/m0/s1. The highest BCUT2D eigenvalue weighted by Crippen LogP contribution is 2.26. The fourth-order valence-electron chi connectivity index (χ4n) is 3.80. The molecule has 1 aromatic carbocycles. The van der Waals surface area contributed by atoms with Gasteiger partial charge in [0.25, 0.3) is 11.8 Å². The lowest BCUT2D eigenvalue weighted by Crippen LogP contribution is -2.40. The molecule has 2 aromatic heterocycles. The predicted octanol–water partition coefficient (Wildman–Crippen LogP) is 3.46. The van der Waals surface area contributed by atoms with Crippen molar-refractivity contribution in [3.63, 3.8) is 0 Å². The maximum atomic E-state index is 12.8. The fourth-order valence-corrected chi connectivity index (χ4v) is 3.80. The summed E-state index contributed by atoms with van der Waals surface area (Å²) in [7, 11) is 1.59. The third kappa shape index (κ3) is 4.74. The molecule has 164 valence electrons. The zero-order valence-electron chi connectivity index (χ0n) is 18.1. The van der Waals surface area contributed by atoms with Gasteiger partial charge >= 0.3 is 0 Å². The summed E-state index contributed by atoms with van der Waals surface area (Å²) in [5.41, 5.74) is 2.13. The lowest BCUT2D eigenvalue weighted by molar-refractivity contribution is 0.0698. The number of hydrogen-bond acceptors (Lipinski definition) is 6. The summed E-state index contributed by atoms with van der Waals surface area (Å²) in [6.45, 7) is 3.02. The normalized spacial score (nSPS) is 15.8. The van der Waals surface area contributed by atoms with E-state index in [-0.39, 0.29) is 17.7 Å². The van der Waals surface area contributed by atoms with Crippen LogP contribution in [0.2, 0.25) is 0 Å². The van der Waals surface area contributed by atoms with Crippen molar-refractivity contribution in [2.45, 2.75) is 25.7 Å². The lowest BCUT2D eigenvalue weighted by atomic mass is 9.96. The number of aromatic nitrogens is 3. The molecule has 0 radical (unpaired) electrons.